The van der Waals surface area contributed by atoms with Crippen molar-refractivity contribution in [3.05, 3.63) is 34.7 Å². The summed E-state index contributed by atoms with van der Waals surface area (Å²) in [5.41, 5.74) is 2.50. The highest BCUT2D eigenvalue weighted by atomic mass is 32.1. The second-order valence-corrected chi connectivity index (χ2v) is 7.19. The fourth-order valence-corrected chi connectivity index (χ4v) is 3.41. The van der Waals surface area contributed by atoms with Crippen molar-refractivity contribution in [3.63, 3.8) is 0 Å². The van der Waals surface area contributed by atoms with Crippen LogP contribution < -0.4 is 10.6 Å². The number of thiazole rings is 1. The van der Waals surface area contributed by atoms with Crippen molar-refractivity contribution in [2.45, 2.75) is 26.7 Å². The molecular formula is C17H21N3OS. The van der Waals surface area contributed by atoms with E-state index >= 15 is 0 Å². The van der Waals surface area contributed by atoms with Crippen LogP contribution in [0.4, 0.5) is 5.69 Å². The van der Waals surface area contributed by atoms with E-state index < -0.39 is 0 Å². The Bertz CT molecular complexity index is 674. The van der Waals surface area contributed by atoms with Crippen LogP contribution in [0, 0.1) is 12.3 Å². The number of piperidine rings is 1. The summed E-state index contributed by atoms with van der Waals surface area (Å²) in [7, 11) is 0. The van der Waals surface area contributed by atoms with E-state index in [-0.39, 0.29) is 11.3 Å². The summed E-state index contributed by atoms with van der Waals surface area (Å²) in [4.78, 5) is 17.1. The molecule has 1 aromatic carbocycles. The number of anilines is 1. The van der Waals surface area contributed by atoms with E-state index in [1.54, 1.807) is 11.3 Å². The maximum absolute atomic E-state index is 12.6. The monoisotopic (exact) mass is 315 g/mol. The highest BCUT2D eigenvalue weighted by molar-refractivity contribution is 7.09. The Morgan fingerprint density at radius 1 is 1.45 bits per heavy atom. The summed E-state index contributed by atoms with van der Waals surface area (Å²) in [5, 5.41) is 9.47. The highest BCUT2D eigenvalue weighted by Crippen LogP contribution is 2.29. The molecular weight excluding hydrogens is 294 g/mol. The predicted octanol–water partition coefficient (Wildman–Crippen LogP) is 3.45. The topological polar surface area (TPSA) is 54.0 Å². The van der Waals surface area contributed by atoms with Crippen LogP contribution in [0.3, 0.4) is 0 Å². The van der Waals surface area contributed by atoms with Crippen LogP contribution in [0.5, 0.6) is 0 Å². The van der Waals surface area contributed by atoms with Gasteiger partial charge in [0.2, 0.25) is 5.91 Å². The number of carbonyl (C=O) groups is 1. The molecule has 1 atom stereocenters. The first-order chi connectivity index (χ1) is 10.6. The van der Waals surface area contributed by atoms with Crippen molar-refractivity contribution in [3.8, 4) is 11.3 Å². The summed E-state index contributed by atoms with van der Waals surface area (Å²) < 4.78 is 0. The van der Waals surface area contributed by atoms with E-state index in [2.05, 4.69) is 15.6 Å². The van der Waals surface area contributed by atoms with Gasteiger partial charge in [0.1, 0.15) is 0 Å². The lowest BCUT2D eigenvalue weighted by molar-refractivity contribution is -0.125. The molecule has 0 spiro atoms. The quantitative estimate of drug-likeness (QED) is 0.912. The SMILES string of the molecule is Cc1nc(-c2cccc(NC(=O)C3(C)CCCNC3)c2)cs1. The van der Waals surface area contributed by atoms with Gasteiger partial charge in [-0.1, -0.05) is 12.1 Å². The van der Waals surface area contributed by atoms with Crippen molar-refractivity contribution in [1.82, 2.24) is 10.3 Å². The van der Waals surface area contributed by atoms with Crippen LogP contribution >= 0.6 is 11.3 Å². The van der Waals surface area contributed by atoms with E-state index in [1.165, 1.54) is 0 Å². The Labute approximate surface area is 135 Å². The maximum Gasteiger partial charge on any atom is 0.231 e. The number of hydrogen-bond donors (Lipinski definition) is 2. The van der Waals surface area contributed by atoms with E-state index in [0.29, 0.717) is 0 Å². The van der Waals surface area contributed by atoms with Crippen LogP contribution in [-0.2, 0) is 4.79 Å². The molecule has 5 heteroatoms. The van der Waals surface area contributed by atoms with Crippen molar-refractivity contribution >= 4 is 22.9 Å². The molecule has 1 aromatic heterocycles. The molecule has 1 aliphatic heterocycles. The minimum atomic E-state index is -0.328. The fraction of sp³-hybridized carbons (Fsp3) is 0.412. The molecule has 0 bridgehead atoms. The third-order valence-electron chi connectivity index (χ3n) is 4.18. The normalized spacial score (nSPS) is 21.5. The number of carbonyl (C=O) groups excluding carboxylic acids is 1. The van der Waals surface area contributed by atoms with Crippen LogP contribution in [-0.4, -0.2) is 24.0 Å². The van der Waals surface area contributed by atoms with Crippen LogP contribution in [0.25, 0.3) is 11.3 Å². The van der Waals surface area contributed by atoms with Crippen LogP contribution in [0.15, 0.2) is 29.6 Å². The van der Waals surface area contributed by atoms with Gasteiger partial charge in [-0.3, -0.25) is 4.79 Å². The Kier molecular flexibility index (Phi) is 4.27. The van der Waals surface area contributed by atoms with E-state index in [0.717, 1.165) is 47.9 Å². The molecule has 0 aliphatic carbocycles. The summed E-state index contributed by atoms with van der Waals surface area (Å²) in [5.74, 6) is 0.0892. The number of hydrogen-bond acceptors (Lipinski definition) is 4. The number of nitrogens with zero attached hydrogens (tertiary/aromatic N) is 1. The molecule has 2 heterocycles. The highest BCUT2D eigenvalue weighted by Gasteiger charge is 2.34. The molecule has 1 saturated heterocycles. The Morgan fingerprint density at radius 2 is 2.32 bits per heavy atom. The lowest BCUT2D eigenvalue weighted by Crippen LogP contribution is -2.46. The number of aryl methyl sites for hydroxylation is 1. The summed E-state index contributed by atoms with van der Waals surface area (Å²) in [6.45, 7) is 5.77. The van der Waals surface area contributed by atoms with Gasteiger partial charge in [-0.15, -0.1) is 11.3 Å². The van der Waals surface area contributed by atoms with E-state index in [1.807, 2.05) is 43.5 Å². The first kappa shape index (κ1) is 15.2. The minimum Gasteiger partial charge on any atom is -0.326 e. The lowest BCUT2D eigenvalue weighted by atomic mass is 9.82. The molecule has 2 aromatic rings. The molecule has 22 heavy (non-hydrogen) atoms. The zero-order chi connectivity index (χ0) is 15.6. The van der Waals surface area contributed by atoms with E-state index in [4.69, 9.17) is 0 Å². The third-order valence-corrected chi connectivity index (χ3v) is 4.95. The maximum atomic E-state index is 12.6. The van der Waals surface area contributed by atoms with Crippen molar-refractivity contribution in [2.75, 3.05) is 18.4 Å². The molecule has 0 saturated carbocycles. The molecule has 1 unspecified atom stereocenters. The average Bonchev–Trinajstić information content (AvgIpc) is 2.95. The minimum absolute atomic E-state index is 0.0892. The van der Waals surface area contributed by atoms with Gasteiger partial charge >= 0.3 is 0 Å². The number of nitrogens with one attached hydrogen (secondary N) is 2. The van der Waals surface area contributed by atoms with Gasteiger partial charge < -0.3 is 10.6 Å². The van der Waals surface area contributed by atoms with Crippen LogP contribution in [0.2, 0.25) is 0 Å². The molecule has 2 N–H and O–H groups in total. The number of amides is 1. The van der Waals surface area contributed by atoms with Gasteiger partial charge in [-0.25, -0.2) is 4.98 Å². The summed E-state index contributed by atoms with van der Waals surface area (Å²) >= 11 is 1.63. The third kappa shape index (κ3) is 3.20. The number of rotatable bonds is 3. The smallest absolute Gasteiger partial charge is 0.231 e. The second kappa shape index (κ2) is 6.18. The molecule has 1 amide bonds. The van der Waals surface area contributed by atoms with Gasteiger partial charge in [0, 0.05) is 23.2 Å². The molecule has 1 fully saturated rings. The van der Waals surface area contributed by atoms with E-state index in [9.17, 15) is 4.79 Å². The zero-order valence-electron chi connectivity index (χ0n) is 13.0. The standard InChI is InChI=1S/C17H21N3OS/c1-12-19-15(10-22-12)13-5-3-6-14(9-13)20-16(21)17(2)7-4-8-18-11-17/h3,5-6,9-10,18H,4,7-8,11H2,1-2H3,(H,20,21). The molecule has 0 radical (unpaired) electrons. The summed E-state index contributed by atoms with van der Waals surface area (Å²) in [6, 6.07) is 7.90. The molecule has 3 rings (SSSR count). The summed E-state index contributed by atoms with van der Waals surface area (Å²) in [6.07, 6.45) is 1.97. The zero-order valence-corrected chi connectivity index (χ0v) is 13.8. The first-order valence-electron chi connectivity index (χ1n) is 7.62. The first-order valence-corrected chi connectivity index (χ1v) is 8.50. The Hall–Kier alpha value is -1.72. The second-order valence-electron chi connectivity index (χ2n) is 6.13. The molecule has 116 valence electrons. The lowest BCUT2D eigenvalue weighted by Gasteiger charge is -2.32. The van der Waals surface area contributed by atoms with Gasteiger partial charge in [0.25, 0.3) is 0 Å². The molecule has 1 aliphatic rings. The average molecular weight is 315 g/mol. The van der Waals surface area contributed by atoms with Crippen molar-refractivity contribution in [1.29, 1.82) is 0 Å². The van der Waals surface area contributed by atoms with Gasteiger partial charge in [-0.05, 0) is 45.4 Å². The number of benzene rings is 1. The Balaban J connectivity index is 1.76. The predicted molar refractivity (Wildman–Crippen MR) is 91.1 cm³/mol. The van der Waals surface area contributed by atoms with Crippen molar-refractivity contribution in [2.24, 2.45) is 5.41 Å². The van der Waals surface area contributed by atoms with Gasteiger partial charge in [0.15, 0.2) is 0 Å². The molecule has 4 nitrogen and oxygen atoms in total. The van der Waals surface area contributed by atoms with Crippen LogP contribution in [0.1, 0.15) is 24.8 Å². The van der Waals surface area contributed by atoms with Gasteiger partial charge in [0.05, 0.1) is 16.1 Å². The fourth-order valence-electron chi connectivity index (χ4n) is 2.78. The number of aromatic nitrogens is 1. The van der Waals surface area contributed by atoms with Crippen molar-refractivity contribution < 1.29 is 4.79 Å². The Morgan fingerprint density at radius 3 is 3.00 bits per heavy atom. The van der Waals surface area contributed by atoms with Gasteiger partial charge in [-0.2, -0.15) is 0 Å². The largest absolute Gasteiger partial charge is 0.326 e.